The third-order valence-electron chi connectivity index (χ3n) is 12.0. The molecule has 10 rings (SSSR count). The van der Waals surface area contributed by atoms with Crippen LogP contribution in [0.2, 0.25) is 0 Å². The Labute approximate surface area is 328 Å². The molecule has 266 valence electrons. The molecule has 7 aromatic carbocycles. The number of benzene rings is 7. The first-order valence-electron chi connectivity index (χ1n) is 19.7. The fourth-order valence-corrected chi connectivity index (χ4v) is 9.17. The number of fused-ring (bicyclic) bond motifs is 5. The summed E-state index contributed by atoms with van der Waals surface area (Å²) >= 11 is 0. The first kappa shape index (κ1) is 33.7. The Hall–Kier alpha value is -6.89. The molecule has 1 heterocycles. The Balaban J connectivity index is 0.949. The standard InChI is InChI=1S/C53H39N3/c54-35-36-20-29-46-48(32-36)53(30-8-3-9-31-53)47-19-11-18-45(51(46)47)40-27-25-38(26-28-40)37-21-23-39(24-22-37)43-16-10-17-44(33-43)50-34-49(41-12-4-1-5-13-41)55-52(56-50)42-14-6-2-7-15-42/h1-2,4-7,10-29,32-34H,3,8-9,30-31H2. The van der Waals surface area contributed by atoms with Gasteiger partial charge in [-0.1, -0.05) is 171 Å². The van der Waals surface area contributed by atoms with Gasteiger partial charge in [-0.25, -0.2) is 9.97 Å². The molecule has 0 N–H and O–H groups in total. The maximum atomic E-state index is 9.78. The van der Waals surface area contributed by atoms with E-state index >= 15 is 0 Å². The lowest BCUT2D eigenvalue weighted by atomic mass is 9.67. The second-order valence-corrected chi connectivity index (χ2v) is 15.2. The van der Waals surface area contributed by atoms with Gasteiger partial charge < -0.3 is 0 Å². The van der Waals surface area contributed by atoms with E-state index in [0.717, 1.165) is 57.6 Å². The molecule has 1 aromatic heterocycles. The summed E-state index contributed by atoms with van der Waals surface area (Å²) in [6, 6.07) is 64.8. The maximum Gasteiger partial charge on any atom is 0.160 e. The Morgan fingerprint density at radius 1 is 0.411 bits per heavy atom. The Morgan fingerprint density at radius 3 is 1.66 bits per heavy atom. The largest absolute Gasteiger partial charge is 0.228 e. The Kier molecular flexibility index (Phi) is 8.46. The molecule has 0 unspecified atom stereocenters. The molecule has 1 saturated carbocycles. The molecule has 0 bridgehead atoms. The fraction of sp³-hybridized carbons (Fsp3) is 0.113. The van der Waals surface area contributed by atoms with Crippen molar-refractivity contribution >= 4 is 0 Å². The first-order chi connectivity index (χ1) is 27.7. The molecule has 0 radical (unpaired) electrons. The smallest absolute Gasteiger partial charge is 0.160 e. The highest BCUT2D eigenvalue weighted by atomic mass is 14.9. The van der Waals surface area contributed by atoms with E-state index in [1.807, 2.05) is 42.5 Å². The van der Waals surface area contributed by atoms with Crippen LogP contribution in [0.5, 0.6) is 0 Å². The third-order valence-corrected chi connectivity index (χ3v) is 12.0. The molecule has 1 spiro atoms. The van der Waals surface area contributed by atoms with Crippen LogP contribution >= 0.6 is 0 Å². The lowest BCUT2D eigenvalue weighted by Crippen LogP contribution is -2.28. The summed E-state index contributed by atoms with van der Waals surface area (Å²) in [7, 11) is 0. The van der Waals surface area contributed by atoms with Crippen LogP contribution in [-0.2, 0) is 5.41 Å². The van der Waals surface area contributed by atoms with Gasteiger partial charge >= 0.3 is 0 Å². The van der Waals surface area contributed by atoms with E-state index in [4.69, 9.17) is 9.97 Å². The summed E-state index contributed by atoms with van der Waals surface area (Å²) < 4.78 is 0. The molecular weight excluding hydrogens is 679 g/mol. The Bertz CT molecular complexity index is 2700. The van der Waals surface area contributed by atoms with Crippen LogP contribution in [0.25, 0.3) is 78.4 Å². The predicted molar refractivity (Wildman–Crippen MR) is 229 cm³/mol. The molecule has 3 heteroatoms. The fourth-order valence-electron chi connectivity index (χ4n) is 9.17. The third kappa shape index (κ3) is 5.92. The van der Waals surface area contributed by atoms with Gasteiger partial charge in [0, 0.05) is 22.1 Å². The molecule has 8 aromatic rings. The molecule has 3 nitrogen and oxygen atoms in total. The van der Waals surface area contributed by atoms with Crippen LogP contribution in [0.4, 0.5) is 0 Å². The number of hydrogen-bond acceptors (Lipinski definition) is 3. The first-order valence-corrected chi connectivity index (χ1v) is 19.7. The summed E-state index contributed by atoms with van der Waals surface area (Å²) in [5, 5.41) is 9.78. The molecule has 0 atom stereocenters. The molecule has 0 amide bonds. The molecule has 2 aliphatic carbocycles. The monoisotopic (exact) mass is 717 g/mol. The van der Waals surface area contributed by atoms with E-state index in [9.17, 15) is 5.26 Å². The lowest BCUT2D eigenvalue weighted by molar-refractivity contribution is 0.353. The second-order valence-electron chi connectivity index (χ2n) is 15.2. The van der Waals surface area contributed by atoms with Gasteiger partial charge in [-0.3, -0.25) is 0 Å². The maximum absolute atomic E-state index is 9.78. The SMILES string of the molecule is N#Cc1ccc2c(c1)C1(CCCCC1)c1cccc(-c3ccc(-c4ccc(-c5cccc(-c6cc(-c7ccccc7)nc(-c7ccccc7)n6)c5)cc4)cc3)c1-2. The van der Waals surface area contributed by atoms with Gasteiger partial charge in [0.15, 0.2) is 5.82 Å². The molecule has 56 heavy (non-hydrogen) atoms. The minimum absolute atomic E-state index is 0.0119. The topological polar surface area (TPSA) is 49.6 Å². The van der Waals surface area contributed by atoms with Crippen molar-refractivity contribution in [1.82, 2.24) is 9.97 Å². The van der Waals surface area contributed by atoms with E-state index in [2.05, 4.69) is 140 Å². The highest BCUT2D eigenvalue weighted by molar-refractivity contribution is 5.93. The molecule has 1 fully saturated rings. The number of nitrogens with zero attached hydrogens (tertiary/aromatic N) is 3. The van der Waals surface area contributed by atoms with E-state index < -0.39 is 0 Å². The summed E-state index contributed by atoms with van der Waals surface area (Å²) in [5.74, 6) is 0.714. The highest BCUT2D eigenvalue weighted by Gasteiger charge is 2.44. The van der Waals surface area contributed by atoms with Crippen LogP contribution < -0.4 is 0 Å². The van der Waals surface area contributed by atoms with E-state index in [-0.39, 0.29) is 5.41 Å². The quantitative estimate of drug-likeness (QED) is 0.172. The second kappa shape index (κ2) is 14.1. The van der Waals surface area contributed by atoms with Crippen molar-refractivity contribution < 1.29 is 0 Å². The molecular formula is C53H39N3. The molecule has 0 saturated heterocycles. The minimum Gasteiger partial charge on any atom is -0.228 e. The van der Waals surface area contributed by atoms with Crippen LogP contribution in [0, 0.1) is 11.3 Å². The van der Waals surface area contributed by atoms with E-state index in [1.165, 1.54) is 63.8 Å². The van der Waals surface area contributed by atoms with Crippen LogP contribution in [-0.4, -0.2) is 9.97 Å². The summed E-state index contributed by atoms with van der Waals surface area (Å²) in [6.07, 6.45) is 6.04. The van der Waals surface area contributed by atoms with Crippen molar-refractivity contribution in [1.29, 1.82) is 5.26 Å². The zero-order valence-electron chi connectivity index (χ0n) is 31.1. The Morgan fingerprint density at radius 2 is 0.982 bits per heavy atom. The van der Waals surface area contributed by atoms with Crippen LogP contribution in [0.1, 0.15) is 48.8 Å². The van der Waals surface area contributed by atoms with Crippen molar-refractivity contribution in [2.24, 2.45) is 0 Å². The number of rotatable bonds is 6. The lowest BCUT2D eigenvalue weighted by Gasteiger charge is -2.36. The van der Waals surface area contributed by atoms with Gasteiger partial charge in [-0.05, 0) is 92.7 Å². The normalized spacial score (nSPS) is 13.8. The molecule has 0 aliphatic heterocycles. The van der Waals surface area contributed by atoms with Gasteiger partial charge in [-0.2, -0.15) is 5.26 Å². The zero-order chi connectivity index (χ0) is 37.5. The average Bonchev–Trinajstić information content (AvgIpc) is 3.55. The van der Waals surface area contributed by atoms with Crippen molar-refractivity contribution in [3.8, 4) is 84.5 Å². The van der Waals surface area contributed by atoms with Crippen molar-refractivity contribution in [2.45, 2.75) is 37.5 Å². The van der Waals surface area contributed by atoms with Gasteiger partial charge in [-0.15, -0.1) is 0 Å². The number of aromatic nitrogens is 2. The van der Waals surface area contributed by atoms with Crippen molar-refractivity contribution in [3.63, 3.8) is 0 Å². The summed E-state index contributed by atoms with van der Waals surface area (Å²) in [5.41, 5.74) is 18.3. The average molecular weight is 718 g/mol. The van der Waals surface area contributed by atoms with Crippen LogP contribution in [0.3, 0.4) is 0 Å². The predicted octanol–water partition coefficient (Wildman–Crippen LogP) is 13.6. The number of hydrogen-bond donors (Lipinski definition) is 0. The van der Waals surface area contributed by atoms with Gasteiger partial charge in [0.1, 0.15) is 0 Å². The van der Waals surface area contributed by atoms with Crippen molar-refractivity contribution in [3.05, 3.63) is 193 Å². The van der Waals surface area contributed by atoms with Gasteiger partial charge in [0.25, 0.3) is 0 Å². The van der Waals surface area contributed by atoms with E-state index in [0.29, 0.717) is 5.82 Å². The summed E-state index contributed by atoms with van der Waals surface area (Å²) in [4.78, 5) is 10.0. The highest BCUT2D eigenvalue weighted by Crippen LogP contribution is 2.58. The van der Waals surface area contributed by atoms with Gasteiger partial charge in [0.05, 0.1) is 23.0 Å². The number of nitriles is 1. The van der Waals surface area contributed by atoms with Crippen molar-refractivity contribution in [2.75, 3.05) is 0 Å². The zero-order valence-corrected chi connectivity index (χ0v) is 31.1. The van der Waals surface area contributed by atoms with Gasteiger partial charge in [0.2, 0.25) is 0 Å². The molecule has 2 aliphatic rings. The summed E-state index contributed by atoms with van der Waals surface area (Å²) in [6.45, 7) is 0. The van der Waals surface area contributed by atoms with E-state index in [1.54, 1.807) is 0 Å². The minimum atomic E-state index is 0.0119. The van der Waals surface area contributed by atoms with Crippen LogP contribution in [0.15, 0.2) is 176 Å².